The van der Waals surface area contributed by atoms with Gasteiger partial charge in [0.15, 0.2) is 0 Å². The SMILES string of the molecule is CN(C(=O)c1ccc(Oc2ccccc2C#N)c(Cl)c1)C1CC(C)(C)NC(C)(C)C1. The summed E-state index contributed by atoms with van der Waals surface area (Å²) in [5, 5.41) is 13.2. The van der Waals surface area contributed by atoms with E-state index in [-0.39, 0.29) is 23.0 Å². The van der Waals surface area contributed by atoms with Crippen LogP contribution in [0.15, 0.2) is 42.5 Å². The van der Waals surface area contributed by atoms with Crippen molar-refractivity contribution in [2.75, 3.05) is 7.05 Å². The molecule has 0 atom stereocenters. The van der Waals surface area contributed by atoms with Gasteiger partial charge in [0.1, 0.15) is 17.6 Å². The van der Waals surface area contributed by atoms with Crippen LogP contribution in [-0.4, -0.2) is 35.0 Å². The summed E-state index contributed by atoms with van der Waals surface area (Å²) in [5.41, 5.74) is 0.830. The van der Waals surface area contributed by atoms with Crippen LogP contribution in [0.3, 0.4) is 0 Å². The first-order valence-corrected chi connectivity index (χ1v) is 10.4. The number of piperidine rings is 1. The van der Waals surface area contributed by atoms with E-state index in [1.807, 2.05) is 11.9 Å². The minimum absolute atomic E-state index is 0.0512. The fourth-order valence-electron chi connectivity index (χ4n) is 4.39. The van der Waals surface area contributed by atoms with Crippen LogP contribution in [0.25, 0.3) is 0 Å². The van der Waals surface area contributed by atoms with Gasteiger partial charge in [0.05, 0.1) is 10.6 Å². The third-order valence-corrected chi connectivity index (χ3v) is 5.74. The number of rotatable bonds is 4. The fraction of sp³-hybridized carbons (Fsp3) is 0.417. The molecule has 2 aromatic carbocycles. The second-order valence-corrected chi connectivity index (χ2v) is 9.63. The van der Waals surface area contributed by atoms with E-state index in [4.69, 9.17) is 16.3 Å². The molecule has 1 saturated heterocycles. The van der Waals surface area contributed by atoms with Crippen molar-refractivity contribution < 1.29 is 9.53 Å². The maximum Gasteiger partial charge on any atom is 0.253 e. The van der Waals surface area contributed by atoms with Crippen molar-refractivity contribution in [1.82, 2.24) is 10.2 Å². The van der Waals surface area contributed by atoms with Crippen LogP contribution in [0.1, 0.15) is 56.5 Å². The van der Waals surface area contributed by atoms with Crippen LogP contribution in [0.5, 0.6) is 11.5 Å². The molecule has 5 nitrogen and oxygen atoms in total. The molecular weight excluding hydrogens is 398 g/mol. The number of nitrogens with one attached hydrogen (secondary N) is 1. The summed E-state index contributed by atoms with van der Waals surface area (Å²) >= 11 is 6.41. The first kappa shape index (κ1) is 22.1. The molecule has 1 aliphatic heterocycles. The Morgan fingerprint density at radius 3 is 2.37 bits per heavy atom. The standard InChI is InChI=1S/C24H28ClN3O2/c1-23(2)13-18(14-24(3,4)27-23)28(5)22(29)16-10-11-21(19(25)12-16)30-20-9-7-6-8-17(20)15-26/h6-12,18,27H,13-14H2,1-5H3. The Balaban J connectivity index is 1.79. The van der Waals surface area contributed by atoms with Crippen LogP contribution < -0.4 is 10.1 Å². The molecule has 0 bridgehead atoms. The Labute approximate surface area is 183 Å². The van der Waals surface area contributed by atoms with Crippen molar-refractivity contribution in [1.29, 1.82) is 5.26 Å². The van der Waals surface area contributed by atoms with E-state index in [9.17, 15) is 10.1 Å². The van der Waals surface area contributed by atoms with Crippen LogP contribution in [0.2, 0.25) is 5.02 Å². The number of ether oxygens (including phenoxy) is 1. The van der Waals surface area contributed by atoms with Crippen molar-refractivity contribution in [2.45, 2.75) is 57.7 Å². The number of halogens is 1. The molecule has 2 aromatic rings. The van der Waals surface area contributed by atoms with Crippen LogP contribution in [0, 0.1) is 11.3 Å². The van der Waals surface area contributed by atoms with Crippen LogP contribution >= 0.6 is 11.6 Å². The number of nitriles is 1. The Kier molecular flexibility index (Phi) is 6.12. The van der Waals surface area contributed by atoms with E-state index in [1.165, 1.54) is 0 Å². The average molecular weight is 426 g/mol. The quantitative estimate of drug-likeness (QED) is 0.713. The highest BCUT2D eigenvalue weighted by Gasteiger charge is 2.40. The van der Waals surface area contributed by atoms with Gasteiger partial charge in [0.25, 0.3) is 5.91 Å². The van der Waals surface area contributed by atoms with Gasteiger partial charge >= 0.3 is 0 Å². The number of carbonyl (C=O) groups is 1. The predicted molar refractivity (Wildman–Crippen MR) is 119 cm³/mol. The number of para-hydroxylation sites is 1. The van der Waals surface area contributed by atoms with Gasteiger partial charge in [0.2, 0.25) is 0 Å². The largest absolute Gasteiger partial charge is 0.454 e. The molecule has 1 fully saturated rings. The van der Waals surface area contributed by atoms with E-state index in [0.717, 1.165) is 12.8 Å². The number of hydrogen-bond acceptors (Lipinski definition) is 4. The van der Waals surface area contributed by atoms with Crippen LogP contribution in [0.4, 0.5) is 0 Å². The maximum absolute atomic E-state index is 13.2. The summed E-state index contributed by atoms with van der Waals surface area (Å²) in [5.74, 6) is 0.763. The van der Waals surface area contributed by atoms with Crippen molar-refractivity contribution in [3.63, 3.8) is 0 Å². The molecule has 158 valence electrons. The smallest absolute Gasteiger partial charge is 0.253 e. The van der Waals surface area contributed by atoms with Crippen molar-refractivity contribution in [3.05, 3.63) is 58.6 Å². The first-order chi connectivity index (χ1) is 14.0. The van der Waals surface area contributed by atoms with Crippen molar-refractivity contribution in [2.24, 2.45) is 0 Å². The van der Waals surface area contributed by atoms with Crippen molar-refractivity contribution in [3.8, 4) is 17.6 Å². The fourth-order valence-corrected chi connectivity index (χ4v) is 4.61. The lowest BCUT2D eigenvalue weighted by molar-refractivity contribution is 0.0529. The van der Waals surface area contributed by atoms with Gasteiger partial charge in [-0.25, -0.2) is 0 Å². The zero-order valence-electron chi connectivity index (χ0n) is 18.1. The Hall–Kier alpha value is -2.55. The van der Waals surface area contributed by atoms with Crippen LogP contribution in [-0.2, 0) is 0 Å². The summed E-state index contributed by atoms with van der Waals surface area (Å²) in [6.07, 6.45) is 1.75. The Morgan fingerprint density at radius 1 is 1.13 bits per heavy atom. The second-order valence-electron chi connectivity index (χ2n) is 9.23. The molecule has 0 saturated carbocycles. The highest BCUT2D eigenvalue weighted by molar-refractivity contribution is 6.32. The summed E-state index contributed by atoms with van der Waals surface area (Å²) in [6, 6.07) is 14.2. The molecule has 0 aromatic heterocycles. The van der Waals surface area contributed by atoms with Gasteiger partial charge in [-0.15, -0.1) is 0 Å². The van der Waals surface area contributed by atoms with Crippen molar-refractivity contribution >= 4 is 17.5 Å². The molecule has 3 rings (SSSR count). The summed E-state index contributed by atoms with van der Waals surface area (Å²) in [4.78, 5) is 15.0. The molecule has 6 heteroatoms. The molecule has 0 radical (unpaired) electrons. The molecule has 1 amide bonds. The number of amides is 1. The highest BCUT2D eigenvalue weighted by Crippen LogP contribution is 2.34. The van der Waals surface area contributed by atoms with E-state index in [1.54, 1.807) is 42.5 Å². The van der Waals surface area contributed by atoms with Gasteiger partial charge in [-0.05, 0) is 70.9 Å². The maximum atomic E-state index is 13.2. The number of carbonyl (C=O) groups excluding carboxylic acids is 1. The predicted octanol–water partition coefficient (Wildman–Crippen LogP) is 5.39. The molecule has 1 heterocycles. The minimum Gasteiger partial charge on any atom is -0.454 e. The monoisotopic (exact) mass is 425 g/mol. The Bertz CT molecular complexity index is 978. The molecular formula is C24H28ClN3O2. The molecule has 30 heavy (non-hydrogen) atoms. The summed E-state index contributed by atoms with van der Waals surface area (Å²) in [7, 11) is 1.85. The highest BCUT2D eigenvalue weighted by atomic mass is 35.5. The zero-order valence-corrected chi connectivity index (χ0v) is 18.9. The van der Waals surface area contributed by atoms with Gasteiger partial charge < -0.3 is 15.0 Å². The average Bonchev–Trinajstić information content (AvgIpc) is 2.66. The summed E-state index contributed by atoms with van der Waals surface area (Å²) < 4.78 is 5.81. The molecule has 0 spiro atoms. The summed E-state index contributed by atoms with van der Waals surface area (Å²) in [6.45, 7) is 8.67. The molecule has 1 N–H and O–H groups in total. The lowest BCUT2D eigenvalue weighted by Gasteiger charge is -2.49. The van der Waals surface area contributed by atoms with E-state index in [2.05, 4.69) is 39.1 Å². The number of hydrogen-bond donors (Lipinski definition) is 1. The third kappa shape index (κ3) is 4.95. The minimum atomic E-state index is -0.0700. The Morgan fingerprint density at radius 2 is 1.77 bits per heavy atom. The van der Waals surface area contributed by atoms with E-state index < -0.39 is 0 Å². The van der Waals surface area contributed by atoms with Gasteiger partial charge in [-0.3, -0.25) is 4.79 Å². The number of nitrogens with zero attached hydrogens (tertiary/aromatic N) is 2. The van der Waals surface area contributed by atoms with Gasteiger partial charge in [-0.2, -0.15) is 5.26 Å². The van der Waals surface area contributed by atoms with Gasteiger partial charge in [-0.1, -0.05) is 23.7 Å². The second kappa shape index (κ2) is 8.29. The normalized spacial score (nSPS) is 17.8. The number of benzene rings is 2. The topological polar surface area (TPSA) is 65.4 Å². The van der Waals surface area contributed by atoms with E-state index >= 15 is 0 Å². The molecule has 1 aliphatic rings. The zero-order chi connectivity index (χ0) is 22.1. The first-order valence-electron chi connectivity index (χ1n) is 10.0. The van der Waals surface area contributed by atoms with E-state index in [0.29, 0.717) is 27.6 Å². The lowest BCUT2D eigenvalue weighted by Crippen LogP contribution is -2.62. The third-order valence-electron chi connectivity index (χ3n) is 5.44. The molecule has 0 aliphatic carbocycles. The molecule has 0 unspecified atom stereocenters. The lowest BCUT2D eigenvalue weighted by atomic mass is 9.79. The van der Waals surface area contributed by atoms with Gasteiger partial charge in [0, 0.05) is 29.7 Å².